The lowest BCUT2D eigenvalue weighted by Crippen LogP contribution is -2.30. The molecule has 4 N–H and O–H groups in total. The Morgan fingerprint density at radius 3 is 1.74 bits per heavy atom. The Morgan fingerprint density at radius 1 is 0.696 bits per heavy atom. The number of aromatic nitrogens is 4. The molecule has 2 aromatic heterocycles. The lowest BCUT2D eigenvalue weighted by atomic mass is 9.80. The molecule has 2 aliphatic rings. The third-order valence-corrected chi connectivity index (χ3v) is 9.32. The molecule has 0 radical (unpaired) electrons. The maximum absolute atomic E-state index is 8.72. The Hall–Kier alpha value is -2.18. The molecule has 244 valence electrons. The fraction of sp³-hybridized carbons (Fsp3) is 0.375. The average molecular weight is 769 g/mol. The van der Waals surface area contributed by atoms with Crippen LogP contribution in [-0.4, -0.2) is 49.2 Å². The van der Waals surface area contributed by atoms with Crippen molar-refractivity contribution in [2.24, 2.45) is 0 Å². The molecule has 0 saturated heterocycles. The van der Waals surface area contributed by atoms with Crippen molar-refractivity contribution in [3.05, 3.63) is 85.0 Å². The first-order valence-electron chi connectivity index (χ1n) is 15.1. The largest absolute Gasteiger partial charge is 0.489 e. The number of nitrogens with one attached hydrogen (secondary N) is 2. The second-order valence-corrected chi connectivity index (χ2v) is 13.7. The predicted molar refractivity (Wildman–Crippen MR) is 195 cm³/mol. The zero-order valence-corrected chi connectivity index (χ0v) is 30.2. The molecule has 0 aliphatic heterocycles. The normalized spacial score (nSPS) is 14.6. The summed E-state index contributed by atoms with van der Waals surface area (Å²) in [4.78, 5) is 17.4. The van der Waals surface area contributed by atoms with Crippen molar-refractivity contribution in [1.29, 1.82) is 0 Å². The van der Waals surface area contributed by atoms with Crippen LogP contribution in [0, 0.1) is 13.8 Å². The molecule has 14 heteroatoms. The van der Waals surface area contributed by atoms with E-state index >= 15 is 0 Å². The molecule has 0 unspecified atom stereocenters. The highest BCUT2D eigenvalue weighted by atomic mass is 79.9. The SMILES string of the molecule is Cc1ncc(-c2ccc(Cl)cc2Cl)c(NC2CCCC2)n1.Cc1ncc(Br)c(NC2CCCC2)n1.OB(O)c1ccc(Cl)cc1Cl. The Morgan fingerprint density at radius 2 is 1.20 bits per heavy atom. The van der Waals surface area contributed by atoms with Gasteiger partial charge in [0.05, 0.1) is 9.50 Å². The van der Waals surface area contributed by atoms with Gasteiger partial charge in [-0.25, -0.2) is 19.9 Å². The number of benzene rings is 2. The van der Waals surface area contributed by atoms with Gasteiger partial charge in [-0.1, -0.05) is 84.2 Å². The van der Waals surface area contributed by atoms with Gasteiger partial charge in [-0.05, 0) is 79.7 Å². The van der Waals surface area contributed by atoms with Gasteiger partial charge in [-0.15, -0.1) is 0 Å². The van der Waals surface area contributed by atoms with Crippen molar-refractivity contribution in [3.8, 4) is 11.1 Å². The number of nitrogens with zero attached hydrogens (tertiary/aromatic N) is 4. The summed E-state index contributed by atoms with van der Waals surface area (Å²) in [6, 6.07) is 11.1. The number of rotatable bonds is 6. The third-order valence-electron chi connectivity index (χ3n) is 7.63. The van der Waals surface area contributed by atoms with Crippen LogP contribution in [0.4, 0.5) is 11.6 Å². The van der Waals surface area contributed by atoms with E-state index in [2.05, 4.69) is 46.5 Å². The molecule has 6 rings (SSSR count). The second-order valence-electron chi connectivity index (χ2n) is 11.2. The zero-order chi connectivity index (χ0) is 33.2. The van der Waals surface area contributed by atoms with E-state index in [1.807, 2.05) is 32.2 Å². The van der Waals surface area contributed by atoms with Gasteiger partial charge in [-0.3, -0.25) is 0 Å². The van der Waals surface area contributed by atoms with Crippen LogP contribution in [0.15, 0.2) is 53.3 Å². The molecular formula is C32H36BBrCl4N6O2. The highest BCUT2D eigenvalue weighted by Gasteiger charge is 2.19. The van der Waals surface area contributed by atoms with Gasteiger partial charge in [0, 0.05) is 56.1 Å². The molecule has 0 amide bonds. The van der Waals surface area contributed by atoms with E-state index in [0.29, 0.717) is 27.2 Å². The van der Waals surface area contributed by atoms with Crippen molar-refractivity contribution < 1.29 is 10.0 Å². The van der Waals surface area contributed by atoms with Crippen molar-refractivity contribution >= 4 is 86.6 Å². The minimum absolute atomic E-state index is 0.257. The highest BCUT2D eigenvalue weighted by molar-refractivity contribution is 9.10. The van der Waals surface area contributed by atoms with E-state index in [1.165, 1.54) is 63.5 Å². The van der Waals surface area contributed by atoms with Gasteiger partial charge in [0.1, 0.15) is 23.3 Å². The van der Waals surface area contributed by atoms with Crippen LogP contribution in [0.1, 0.15) is 63.0 Å². The first-order valence-corrected chi connectivity index (χ1v) is 17.4. The fourth-order valence-electron chi connectivity index (χ4n) is 5.28. The van der Waals surface area contributed by atoms with E-state index < -0.39 is 7.12 Å². The molecule has 46 heavy (non-hydrogen) atoms. The van der Waals surface area contributed by atoms with Crippen LogP contribution in [0.2, 0.25) is 20.1 Å². The number of halogens is 5. The van der Waals surface area contributed by atoms with E-state index in [9.17, 15) is 0 Å². The molecule has 2 saturated carbocycles. The number of aryl methyl sites for hydroxylation is 2. The standard InChI is InChI=1S/C16H17Cl2N3.C10H14BrN3.C6H5BCl2O2/c1-10-19-9-14(13-7-6-11(17)8-15(13)18)16(20-10)21-12-4-2-3-5-12;1-7-12-6-9(11)10(13-7)14-8-4-2-3-5-8;8-4-1-2-5(7(10)11)6(9)3-4/h6-9,12H,2-5H2,1H3,(H,19,20,21);6,8H,2-5H2,1H3,(H,12,13,14);1-3,10-11H. The molecule has 2 aliphatic carbocycles. The first-order chi connectivity index (χ1) is 22.0. The fourth-order valence-corrected chi connectivity index (χ4v) is 6.60. The summed E-state index contributed by atoms with van der Waals surface area (Å²) in [5, 5.41) is 26.4. The van der Waals surface area contributed by atoms with Crippen molar-refractivity contribution in [2.45, 2.75) is 77.3 Å². The molecule has 2 heterocycles. The summed E-state index contributed by atoms with van der Waals surface area (Å²) < 4.78 is 0.954. The summed E-state index contributed by atoms with van der Waals surface area (Å²) in [5.41, 5.74) is 2.09. The van der Waals surface area contributed by atoms with E-state index in [1.54, 1.807) is 18.3 Å². The monoisotopic (exact) mass is 766 g/mol. The summed E-state index contributed by atoms with van der Waals surface area (Å²) >= 11 is 26.9. The first kappa shape index (κ1) is 36.7. The van der Waals surface area contributed by atoms with Gasteiger partial charge < -0.3 is 20.7 Å². The lowest BCUT2D eigenvalue weighted by Gasteiger charge is -2.17. The van der Waals surface area contributed by atoms with Crippen LogP contribution in [0.25, 0.3) is 11.1 Å². The molecular weight excluding hydrogens is 733 g/mol. The summed E-state index contributed by atoms with van der Waals surface area (Å²) in [7, 11) is -1.54. The summed E-state index contributed by atoms with van der Waals surface area (Å²) in [5.74, 6) is 3.36. The maximum atomic E-state index is 8.72. The summed E-state index contributed by atoms with van der Waals surface area (Å²) in [6.45, 7) is 3.80. The minimum Gasteiger partial charge on any atom is -0.423 e. The Kier molecular flexibility index (Phi) is 14.2. The Labute approximate surface area is 299 Å². The van der Waals surface area contributed by atoms with Crippen LogP contribution in [-0.2, 0) is 0 Å². The number of hydrogen-bond donors (Lipinski definition) is 4. The molecule has 4 aromatic rings. The third kappa shape index (κ3) is 10.9. The topological polar surface area (TPSA) is 116 Å². The predicted octanol–water partition coefficient (Wildman–Crippen LogP) is 8.69. The van der Waals surface area contributed by atoms with Gasteiger partial charge in [0.15, 0.2) is 0 Å². The van der Waals surface area contributed by atoms with Crippen LogP contribution < -0.4 is 16.1 Å². The molecule has 8 nitrogen and oxygen atoms in total. The van der Waals surface area contributed by atoms with Gasteiger partial charge >= 0.3 is 7.12 Å². The number of anilines is 2. The van der Waals surface area contributed by atoms with Gasteiger partial charge in [0.2, 0.25) is 0 Å². The molecule has 2 aromatic carbocycles. The van der Waals surface area contributed by atoms with Crippen molar-refractivity contribution in [2.75, 3.05) is 10.6 Å². The lowest BCUT2D eigenvalue weighted by molar-refractivity contribution is 0.426. The van der Waals surface area contributed by atoms with Gasteiger partial charge in [0.25, 0.3) is 0 Å². The molecule has 0 spiro atoms. The number of hydrogen-bond acceptors (Lipinski definition) is 8. The van der Waals surface area contributed by atoms with Crippen LogP contribution in [0.5, 0.6) is 0 Å². The van der Waals surface area contributed by atoms with E-state index in [4.69, 9.17) is 56.5 Å². The Balaban J connectivity index is 0.000000167. The van der Waals surface area contributed by atoms with Crippen LogP contribution >= 0.6 is 62.3 Å². The van der Waals surface area contributed by atoms with Crippen LogP contribution in [0.3, 0.4) is 0 Å². The van der Waals surface area contributed by atoms with Crippen molar-refractivity contribution in [1.82, 2.24) is 19.9 Å². The maximum Gasteiger partial charge on any atom is 0.489 e. The molecule has 0 bridgehead atoms. The quantitative estimate of drug-likeness (QED) is 0.144. The van der Waals surface area contributed by atoms with E-state index in [-0.39, 0.29) is 10.5 Å². The summed E-state index contributed by atoms with van der Waals surface area (Å²) in [6.07, 6.45) is 13.8. The molecule has 2 fully saturated rings. The zero-order valence-electron chi connectivity index (χ0n) is 25.6. The minimum atomic E-state index is -1.54. The highest BCUT2D eigenvalue weighted by Crippen LogP contribution is 2.35. The smallest absolute Gasteiger partial charge is 0.423 e. The Bertz CT molecular complexity index is 1610. The van der Waals surface area contributed by atoms with Crippen molar-refractivity contribution in [3.63, 3.8) is 0 Å². The molecule has 0 atom stereocenters. The average Bonchev–Trinajstić information content (AvgIpc) is 3.71. The second kappa shape index (κ2) is 17.8. The van der Waals surface area contributed by atoms with E-state index in [0.717, 1.165) is 38.9 Å². The van der Waals surface area contributed by atoms with Gasteiger partial charge in [-0.2, -0.15) is 0 Å².